The Bertz CT molecular complexity index is 362. The summed E-state index contributed by atoms with van der Waals surface area (Å²) in [6.45, 7) is 0.0766. The standard InChI is InChI=1S/C9H13ClN4O/c10-6-7(11)12-5-13-8(6)14-9(4-15)2-1-3-9/h5,15H,1-4H2,(H3,11,12,13,14). The Morgan fingerprint density at radius 1 is 1.53 bits per heavy atom. The van der Waals surface area contributed by atoms with Crippen molar-refractivity contribution in [1.29, 1.82) is 0 Å². The zero-order valence-corrected chi connectivity index (χ0v) is 8.96. The first-order valence-corrected chi connectivity index (χ1v) is 5.20. The number of rotatable bonds is 3. The Labute approximate surface area is 92.7 Å². The van der Waals surface area contributed by atoms with Crippen molar-refractivity contribution >= 4 is 23.2 Å². The Balaban J connectivity index is 2.20. The maximum absolute atomic E-state index is 9.28. The Morgan fingerprint density at radius 2 is 2.27 bits per heavy atom. The van der Waals surface area contributed by atoms with Gasteiger partial charge in [0, 0.05) is 0 Å². The molecule has 1 aromatic heterocycles. The lowest BCUT2D eigenvalue weighted by molar-refractivity contribution is 0.144. The zero-order valence-electron chi connectivity index (χ0n) is 8.20. The summed E-state index contributed by atoms with van der Waals surface area (Å²) in [5.41, 5.74) is 5.28. The Kier molecular flexibility index (Phi) is 2.67. The van der Waals surface area contributed by atoms with Gasteiger partial charge in [-0.25, -0.2) is 9.97 Å². The van der Waals surface area contributed by atoms with E-state index in [-0.39, 0.29) is 18.0 Å². The smallest absolute Gasteiger partial charge is 0.150 e. The summed E-state index contributed by atoms with van der Waals surface area (Å²) in [6.07, 6.45) is 4.30. The zero-order chi connectivity index (χ0) is 10.9. The number of nitrogen functional groups attached to an aromatic ring is 1. The molecule has 0 unspecified atom stereocenters. The second-order valence-corrected chi connectivity index (χ2v) is 4.22. The molecule has 4 N–H and O–H groups in total. The molecule has 1 aliphatic carbocycles. The fourth-order valence-electron chi connectivity index (χ4n) is 1.65. The Hall–Kier alpha value is -1.07. The molecule has 1 aromatic rings. The van der Waals surface area contributed by atoms with Gasteiger partial charge in [0.25, 0.3) is 0 Å². The lowest BCUT2D eigenvalue weighted by Crippen LogP contribution is -2.48. The number of aromatic nitrogens is 2. The molecule has 0 atom stereocenters. The first-order valence-electron chi connectivity index (χ1n) is 4.82. The highest BCUT2D eigenvalue weighted by atomic mass is 35.5. The highest BCUT2D eigenvalue weighted by Crippen LogP contribution is 2.36. The molecular weight excluding hydrogens is 216 g/mol. The molecule has 1 aliphatic rings. The minimum Gasteiger partial charge on any atom is -0.394 e. The van der Waals surface area contributed by atoms with Crippen LogP contribution in [0.25, 0.3) is 0 Å². The van der Waals surface area contributed by atoms with Gasteiger partial charge < -0.3 is 16.2 Å². The number of hydrogen-bond donors (Lipinski definition) is 3. The van der Waals surface area contributed by atoms with Gasteiger partial charge in [-0.1, -0.05) is 11.6 Å². The average Bonchev–Trinajstić information content (AvgIpc) is 2.18. The molecule has 5 nitrogen and oxygen atoms in total. The van der Waals surface area contributed by atoms with Gasteiger partial charge in [0.1, 0.15) is 17.2 Å². The molecule has 2 rings (SSSR count). The van der Waals surface area contributed by atoms with Gasteiger partial charge >= 0.3 is 0 Å². The van der Waals surface area contributed by atoms with E-state index in [1.807, 2.05) is 0 Å². The number of halogens is 1. The maximum Gasteiger partial charge on any atom is 0.150 e. The highest BCUT2D eigenvalue weighted by Gasteiger charge is 2.37. The number of nitrogens with one attached hydrogen (secondary N) is 1. The van der Waals surface area contributed by atoms with E-state index in [1.54, 1.807) is 0 Å². The fourth-order valence-corrected chi connectivity index (χ4v) is 1.79. The molecule has 0 aromatic carbocycles. The molecule has 1 saturated carbocycles. The van der Waals surface area contributed by atoms with Crippen molar-refractivity contribution in [2.45, 2.75) is 24.8 Å². The largest absolute Gasteiger partial charge is 0.394 e. The monoisotopic (exact) mass is 228 g/mol. The van der Waals surface area contributed by atoms with E-state index in [2.05, 4.69) is 15.3 Å². The van der Waals surface area contributed by atoms with Gasteiger partial charge in [-0.05, 0) is 19.3 Å². The molecule has 0 bridgehead atoms. The van der Waals surface area contributed by atoms with E-state index in [0.29, 0.717) is 10.8 Å². The van der Waals surface area contributed by atoms with Crippen molar-refractivity contribution in [2.24, 2.45) is 0 Å². The van der Waals surface area contributed by atoms with Crippen LogP contribution in [0.3, 0.4) is 0 Å². The van der Waals surface area contributed by atoms with Crippen LogP contribution >= 0.6 is 11.6 Å². The molecule has 0 aliphatic heterocycles. The predicted octanol–water partition coefficient (Wildman–Crippen LogP) is 1.04. The molecular formula is C9H13ClN4O. The van der Waals surface area contributed by atoms with E-state index >= 15 is 0 Å². The summed E-state index contributed by atoms with van der Waals surface area (Å²) in [4.78, 5) is 7.78. The van der Waals surface area contributed by atoms with Crippen molar-refractivity contribution in [3.05, 3.63) is 11.3 Å². The van der Waals surface area contributed by atoms with E-state index in [9.17, 15) is 5.11 Å². The first-order chi connectivity index (χ1) is 7.17. The summed E-state index contributed by atoms with van der Waals surface area (Å²) >= 11 is 5.94. The lowest BCUT2D eigenvalue weighted by atomic mass is 9.77. The van der Waals surface area contributed by atoms with Gasteiger partial charge in [-0.15, -0.1) is 0 Å². The van der Waals surface area contributed by atoms with Crippen LogP contribution in [0.1, 0.15) is 19.3 Å². The summed E-state index contributed by atoms with van der Waals surface area (Å²) in [5.74, 6) is 0.750. The Morgan fingerprint density at radius 3 is 2.80 bits per heavy atom. The molecule has 1 fully saturated rings. The van der Waals surface area contributed by atoms with E-state index in [1.165, 1.54) is 6.33 Å². The lowest BCUT2D eigenvalue weighted by Gasteiger charge is -2.41. The molecule has 0 amide bonds. The van der Waals surface area contributed by atoms with Crippen LogP contribution in [-0.2, 0) is 0 Å². The van der Waals surface area contributed by atoms with Crippen LogP contribution in [0.5, 0.6) is 0 Å². The molecule has 1 heterocycles. The van der Waals surface area contributed by atoms with E-state index < -0.39 is 0 Å². The number of nitrogens with zero attached hydrogens (tertiary/aromatic N) is 2. The number of hydrogen-bond acceptors (Lipinski definition) is 5. The minimum atomic E-state index is -0.273. The van der Waals surface area contributed by atoms with Crippen molar-refractivity contribution in [2.75, 3.05) is 17.7 Å². The van der Waals surface area contributed by atoms with E-state index in [0.717, 1.165) is 19.3 Å². The first kappa shape index (κ1) is 10.4. The fraction of sp³-hybridized carbons (Fsp3) is 0.556. The number of anilines is 2. The SMILES string of the molecule is Nc1ncnc(NC2(CO)CCC2)c1Cl. The molecule has 15 heavy (non-hydrogen) atoms. The van der Waals surface area contributed by atoms with Crippen LogP contribution < -0.4 is 11.1 Å². The third-order valence-corrected chi connectivity index (χ3v) is 3.19. The summed E-state index contributed by atoms with van der Waals surface area (Å²) in [7, 11) is 0. The van der Waals surface area contributed by atoms with Crippen LogP contribution in [0.15, 0.2) is 6.33 Å². The van der Waals surface area contributed by atoms with E-state index in [4.69, 9.17) is 17.3 Å². The van der Waals surface area contributed by atoms with Gasteiger partial charge in [-0.3, -0.25) is 0 Å². The summed E-state index contributed by atoms with van der Waals surface area (Å²) in [5, 5.41) is 12.7. The molecule has 0 spiro atoms. The van der Waals surface area contributed by atoms with Crippen LogP contribution in [0.4, 0.5) is 11.6 Å². The minimum absolute atomic E-state index is 0.0766. The average molecular weight is 229 g/mol. The van der Waals surface area contributed by atoms with Gasteiger partial charge in [0.2, 0.25) is 0 Å². The quantitative estimate of drug-likeness (QED) is 0.720. The van der Waals surface area contributed by atoms with Crippen molar-refractivity contribution in [1.82, 2.24) is 9.97 Å². The van der Waals surface area contributed by atoms with Gasteiger partial charge in [0.15, 0.2) is 5.82 Å². The van der Waals surface area contributed by atoms with Crippen molar-refractivity contribution < 1.29 is 5.11 Å². The third-order valence-electron chi connectivity index (χ3n) is 2.81. The number of aliphatic hydroxyl groups is 1. The van der Waals surface area contributed by atoms with Crippen molar-refractivity contribution in [3.8, 4) is 0 Å². The number of aliphatic hydroxyl groups excluding tert-OH is 1. The predicted molar refractivity (Wildman–Crippen MR) is 58.7 cm³/mol. The molecule has 0 saturated heterocycles. The molecule has 0 radical (unpaired) electrons. The van der Waals surface area contributed by atoms with Crippen LogP contribution in [0, 0.1) is 0 Å². The second kappa shape index (κ2) is 3.83. The second-order valence-electron chi connectivity index (χ2n) is 3.84. The van der Waals surface area contributed by atoms with Gasteiger partial charge in [0.05, 0.1) is 12.1 Å². The normalized spacial score (nSPS) is 18.3. The summed E-state index contributed by atoms with van der Waals surface area (Å²) in [6, 6.07) is 0. The van der Waals surface area contributed by atoms with Gasteiger partial charge in [-0.2, -0.15) is 0 Å². The van der Waals surface area contributed by atoms with Crippen LogP contribution in [-0.4, -0.2) is 27.2 Å². The maximum atomic E-state index is 9.28. The number of nitrogens with two attached hydrogens (primary N) is 1. The van der Waals surface area contributed by atoms with Crippen molar-refractivity contribution in [3.63, 3.8) is 0 Å². The molecule has 6 heteroatoms. The topological polar surface area (TPSA) is 84.1 Å². The highest BCUT2D eigenvalue weighted by molar-refractivity contribution is 6.35. The third kappa shape index (κ3) is 1.85. The summed E-state index contributed by atoms with van der Waals surface area (Å²) < 4.78 is 0. The molecule has 82 valence electrons. The van der Waals surface area contributed by atoms with Crippen LogP contribution in [0.2, 0.25) is 5.02 Å².